The molecule has 2 saturated carbocycles. The Balaban J connectivity index is 1.13. The second-order valence-electron chi connectivity index (χ2n) is 11.7. The molecule has 0 radical (unpaired) electrons. The number of carbonyl (C=O) groups excluding carboxylic acids is 3. The van der Waals surface area contributed by atoms with Gasteiger partial charge in [-0.25, -0.2) is 0 Å². The highest BCUT2D eigenvalue weighted by molar-refractivity contribution is 6.10. The SMILES string of the molecule is Cc1cccc(C)c1Oc1ccc(NC(=O)[C@@H](Cc2ccccc2)N2C(=O)[C@@H]3[C@@H]4C=C[C@H]([C@H]5C[C@H]45)[C@@H]3C2=O)cc1. The number of rotatable bonds is 7. The molecule has 1 aliphatic heterocycles. The van der Waals surface area contributed by atoms with Crippen LogP contribution in [0.1, 0.15) is 23.1 Å². The number of likely N-dealkylation sites (tertiary alicyclic amines) is 1. The van der Waals surface area contributed by atoms with Gasteiger partial charge in [0.05, 0.1) is 11.8 Å². The molecule has 3 fully saturated rings. The van der Waals surface area contributed by atoms with E-state index in [1.54, 1.807) is 12.1 Å². The maximum absolute atomic E-state index is 13.8. The third-order valence-electron chi connectivity index (χ3n) is 9.33. The number of hydrogen-bond donors (Lipinski definition) is 1. The summed E-state index contributed by atoms with van der Waals surface area (Å²) in [4.78, 5) is 42.8. The van der Waals surface area contributed by atoms with Crippen molar-refractivity contribution in [3.63, 3.8) is 0 Å². The molecule has 1 saturated heterocycles. The number of nitrogens with one attached hydrogen (secondary N) is 1. The van der Waals surface area contributed by atoms with Crippen LogP contribution in [0.25, 0.3) is 0 Å². The minimum atomic E-state index is -0.922. The zero-order chi connectivity index (χ0) is 27.5. The van der Waals surface area contributed by atoms with E-state index in [0.717, 1.165) is 28.9 Å². The van der Waals surface area contributed by atoms with Gasteiger partial charge in [-0.1, -0.05) is 60.7 Å². The summed E-state index contributed by atoms with van der Waals surface area (Å²) in [6.07, 6.45) is 5.69. The van der Waals surface area contributed by atoms with Gasteiger partial charge in [-0.05, 0) is 84.9 Å². The number of benzene rings is 3. The van der Waals surface area contributed by atoms with E-state index in [2.05, 4.69) is 17.5 Å². The third kappa shape index (κ3) is 4.05. The van der Waals surface area contributed by atoms with E-state index in [1.807, 2.05) is 74.5 Å². The maximum atomic E-state index is 13.8. The lowest BCUT2D eigenvalue weighted by Gasteiger charge is -2.37. The van der Waals surface area contributed by atoms with Gasteiger partial charge < -0.3 is 10.1 Å². The standard InChI is InChI=1S/C34H32N2O4/c1-19-7-6-8-20(2)31(19)40-23-13-11-22(12-14-23)35-32(37)28(17-21-9-4-3-5-10-21)36-33(38)29-24-15-16-25(27-18-26(24)27)30(29)34(36)39/h3-16,24-30H,17-18H2,1-2H3,(H,35,37)/t24-,25-,26-,27-,28-,29-,30+/m1/s1. The average molecular weight is 533 g/mol. The minimum absolute atomic E-state index is 0.117. The van der Waals surface area contributed by atoms with Gasteiger partial charge in [0.15, 0.2) is 0 Å². The minimum Gasteiger partial charge on any atom is -0.457 e. The number of ether oxygens (including phenoxy) is 1. The molecule has 3 amide bonds. The Hall–Kier alpha value is -4.19. The number of hydrogen-bond acceptors (Lipinski definition) is 4. The Kier molecular flexibility index (Phi) is 5.88. The third-order valence-corrected chi connectivity index (χ3v) is 9.33. The summed E-state index contributed by atoms with van der Waals surface area (Å²) < 4.78 is 6.11. The molecule has 1 heterocycles. The number of amides is 3. The van der Waals surface area contributed by atoms with E-state index in [0.29, 0.717) is 23.3 Å². The molecule has 5 aliphatic rings. The summed E-state index contributed by atoms with van der Waals surface area (Å²) in [6.45, 7) is 4.01. The van der Waals surface area contributed by atoms with E-state index in [1.165, 1.54) is 4.90 Å². The zero-order valence-corrected chi connectivity index (χ0v) is 22.6. The van der Waals surface area contributed by atoms with Crippen molar-refractivity contribution in [1.82, 2.24) is 4.90 Å². The molecule has 3 aromatic carbocycles. The molecule has 6 heteroatoms. The first-order valence-electron chi connectivity index (χ1n) is 14.1. The van der Waals surface area contributed by atoms with Crippen LogP contribution < -0.4 is 10.1 Å². The number of anilines is 1. The fourth-order valence-electron chi connectivity index (χ4n) is 7.34. The molecule has 8 rings (SSSR count). The largest absolute Gasteiger partial charge is 0.457 e. The van der Waals surface area contributed by atoms with Crippen molar-refractivity contribution in [2.45, 2.75) is 32.7 Å². The molecule has 6 nitrogen and oxygen atoms in total. The van der Waals surface area contributed by atoms with Crippen molar-refractivity contribution in [1.29, 1.82) is 0 Å². The molecule has 0 unspecified atom stereocenters. The summed E-state index contributed by atoms with van der Waals surface area (Å²) in [7, 11) is 0. The van der Waals surface area contributed by atoms with Crippen molar-refractivity contribution in [3.8, 4) is 11.5 Å². The van der Waals surface area contributed by atoms with Gasteiger partial charge in [0, 0.05) is 12.1 Å². The molecule has 7 atom stereocenters. The van der Waals surface area contributed by atoms with Gasteiger partial charge in [0.1, 0.15) is 17.5 Å². The molecule has 2 bridgehead atoms. The summed E-state index contributed by atoms with van der Waals surface area (Å²) >= 11 is 0. The topological polar surface area (TPSA) is 75.7 Å². The van der Waals surface area contributed by atoms with Gasteiger partial charge in [-0.3, -0.25) is 19.3 Å². The number of nitrogens with zero attached hydrogens (tertiary/aromatic N) is 1. The van der Waals surface area contributed by atoms with E-state index in [-0.39, 0.29) is 47.8 Å². The van der Waals surface area contributed by atoms with E-state index >= 15 is 0 Å². The van der Waals surface area contributed by atoms with Crippen LogP contribution in [0.3, 0.4) is 0 Å². The highest BCUT2D eigenvalue weighted by Gasteiger charge is 2.67. The highest BCUT2D eigenvalue weighted by Crippen LogP contribution is 2.65. The van der Waals surface area contributed by atoms with Crippen LogP contribution in [0.15, 0.2) is 84.9 Å². The predicted molar refractivity (Wildman–Crippen MR) is 152 cm³/mol. The van der Waals surface area contributed by atoms with Gasteiger partial charge >= 0.3 is 0 Å². The van der Waals surface area contributed by atoms with Crippen molar-refractivity contribution in [2.75, 3.05) is 5.32 Å². The molecule has 40 heavy (non-hydrogen) atoms. The van der Waals surface area contributed by atoms with Gasteiger partial charge in [-0.15, -0.1) is 0 Å². The van der Waals surface area contributed by atoms with Crippen LogP contribution in [0.4, 0.5) is 5.69 Å². The summed E-state index contributed by atoms with van der Waals surface area (Å²) in [5.74, 6) is 1.33. The lowest BCUT2D eigenvalue weighted by Crippen LogP contribution is -2.49. The van der Waals surface area contributed by atoms with Crippen LogP contribution in [0, 0.1) is 49.4 Å². The molecular weight excluding hydrogens is 500 g/mol. The van der Waals surface area contributed by atoms with E-state index < -0.39 is 6.04 Å². The Morgan fingerprint density at radius 2 is 1.45 bits per heavy atom. The van der Waals surface area contributed by atoms with Crippen LogP contribution >= 0.6 is 0 Å². The van der Waals surface area contributed by atoms with Gasteiger partial charge in [0.2, 0.25) is 17.7 Å². The molecule has 0 spiro atoms. The van der Waals surface area contributed by atoms with Crippen molar-refractivity contribution in [3.05, 3.63) is 102 Å². The van der Waals surface area contributed by atoms with Gasteiger partial charge in [-0.2, -0.15) is 0 Å². The first kappa shape index (κ1) is 24.8. The number of allylic oxidation sites excluding steroid dienone is 2. The summed E-state index contributed by atoms with van der Waals surface area (Å²) in [5.41, 5.74) is 3.57. The first-order valence-corrected chi connectivity index (χ1v) is 14.1. The second-order valence-corrected chi connectivity index (χ2v) is 11.7. The van der Waals surface area contributed by atoms with Gasteiger partial charge in [0.25, 0.3) is 0 Å². The predicted octanol–water partition coefficient (Wildman–Crippen LogP) is 5.70. The molecule has 0 aromatic heterocycles. The Morgan fingerprint density at radius 3 is 2.05 bits per heavy atom. The Bertz CT molecular complexity index is 1470. The maximum Gasteiger partial charge on any atom is 0.248 e. The van der Waals surface area contributed by atoms with Crippen molar-refractivity contribution < 1.29 is 19.1 Å². The molecule has 1 N–H and O–H groups in total. The highest BCUT2D eigenvalue weighted by atomic mass is 16.5. The Morgan fingerprint density at radius 1 is 0.850 bits per heavy atom. The molecule has 4 aliphatic carbocycles. The molecule has 202 valence electrons. The second kappa shape index (κ2) is 9.47. The van der Waals surface area contributed by atoms with Crippen molar-refractivity contribution in [2.24, 2.45) is 35.5 Å². The number of aryl methyl sites for hydroxylation is 2. The summed E-state index contributed by atoms with van der Waals surface area (Å²) in [6, 6.07) is 21.9. The normalized spacial score (nSPS) is 28.2. The van der Waals surface area contributed by atoms with Crippen LogP contribution in [-0.2, 0) is 20.8 Å². The van der Waals surface area contributed by atoms with Crippen molar-refractivity contribution >= 4 is 23.4 Å². The first-order chi connectivity index (χ1) is 19.4. The lowest BCUT2D eigenvalue weighted by atomic mass is 9.63. The number of para-hydroxylation sites is 1. The smallest absolute Gasteiger partial charge is 0.248 e. The number of carbonyl (C=O) groups is 3. The summed E-state index contributed by atoms with van der Waals surface area (Å²) in [5, 5.41) is 2.97. The van der Waals surface area contributed by atoms with Crippen LogP contribution in [-0.4, -0.2) is 28.7 Å². The zero-order valence-electron chi connectivity index (χ0n) is 22.6. The fourth-order valence-corrected chi connectivity index (χ4v) is 7.34. The average Bonchev–Trinajstić information content (AvgIpc) is 3.74. The molecule has 3 aromatic rings. The Labute approximate surface area is 234 Å². The molecular formula is C34H32N2O4. The van der Waals surface area contributed by atoms with E-state index in [9.17, 15) is 14.4 Å². The lowest BCUT2D eigenvalue weighted by molar-refractivity contribution is -0.146. The number of imide groups is 1. The van der Waals surface area contributed by atoms with Crippen LogP contribution in [0.5, 0.6) is 11.5 Å². The quantitative estimate of drug-likeness (QED) is 0.313. The van der Waals surface area contributed by atoms with E-state index in [4.69, 9.17) is 4.74 Å². The fraction of sp³-hybridized carbons (Fsp3) is 0.324. The van der Waals surface area contributed by atoms with Crippen LogP contribution in [0.2, 0.25) is 0 Å². The monoisotopic (exact) mass is 532 g/mol.